The molecule has 0 amide bonds. The first-order valence-electron chi connectivity index (χ1n) is 8.24. The number of aromatic amines is 1. The minimum atomic E-state index is 0.672. The van der Waals surface area contributed by atoms with Crippen LogP contribution in [-0.4, -0.2) is 35.0 Å². The minimum Gasteiger partial charge on any atom is -0.365 e. The minimum absolute atomic E-state index is 0.672. The van der Waals surface area contributed by atoms with Crippen molar-refractivity contribution in [1.29, 1.82) is 0 Å². The van der Waals surface area contributed by atoms with Gasteiger partial charge in [0.25, 0.3) is 0 Å². The number of thiazole rings is 1. The third-order valence-electron chi connectivity index (χ3n) is 4.80. The van der Waals surface area contributed by atoms with Crippen LogP contribution < -0.4 is 5.32 Å². The number of rotatable bonds is 4. The first kappa shape index (κ1) is 14.7. The van der Waals surface area contributed by atoms with Gasteiger partial charge in [0.1, 0.15) is 0 Å². The molecule has 0 unspecified atom stereocenters. The van der Waals surface area contributed by atoms with Gasteiger partial charge in [-0.2, -0.15) is 0 Å². The van der Waals surface area contributed by atoms with Gasteiger partial charge in [0.2, 0.25) is 0 Å². The van der Waals surface area contributed by atoms with Crippen molar-refractivity contribution in [2.45, 2.75) is 25.3 Å². The van der Waals surface area contributed by atoms with Crippen LogP contribution >= 0.6 is 11.3 Å². The van der Waals surface area contributed by atoms with Gasteiger partial charge in [-0.3, -0.25) is 4.90 Å². The van der Waals surface area contributed by atoms with Gasteiger partial charge in [-0.15, -0.1) is 11.3 Å². The third kappa shape index (κ3) is 2.99. The summed E-state index contributed by atoms with van der Waals surface area (Å²) in [6.07, 6.45) is 4.67. The monoisotopic (exact) mass is 326 g/mol. The topological polar surface area (TPSA) is 44.0 Å². The zero-order chi connectivity index (χ0) is 15.6. The number of hydrogen-bond acceptors (Lipinski definition) is 4. The summed E-state index contributed by atoms with van der Waals surface area (Å²) in [5.74, 6) is 0.672. The molecule has 0 spiro atoms. The number of likely N-dealkylation sites (tertiary alicyclic amines) is 1. The van der Waals surface area contributed by atoms with Crippen LogP contribution in [0.2, 0.25) is 0 Å². The Balaban J connectivity index is 1.40. The molecule has 1 fully saturated rings. The molecule has 0 bridgehead atoms. The van der Waals surface area contributed by atoms with Crippen LogP contribution in [0.25, 0.3) is 10.9 Å². The van der Waals surface area contributed by atoms with Crippen molar-refractivity contribution < 1.29 is 0 Å². The molecule has 0 atom stereocenters. The van der Waals surface area contributed by atoms with Crippen molar-refractivity contribution in [3.63, 3.8) is 0 Å². The second-order valence-electron chi connectivity index (χ2n) is 6.23. The molecular weight excluding hydrogens is 304 g/mol. The highest BCUT2D eigenvalue weighted by atomic mass is 32.1. The van der Waals surface area contributed by atoms with E-state index in [4.69, 9.17) is 0 Å². The van der Waals surface area contributed by atoms with Crippen LogP contribution in [0, 0.1) is 0 Å². The maximum atomic E-state index is 4.59. The number of anilines is 1. The van der Waals surface area contributed by atoms with E-state index in [9.17, 15) is 0 Å². The van der Waals surface area contributed by atoms with Crippen molar-refractivity contribution in [3.8, 4) is 0 Å². The standard InChI is InChI=1S/C18H22N4S/c1-19-18-21-14(12-23-18)11-22-8-6-13(7-9-22)16-10-20-17-5-3-2-4-15(16)17/h2-5,10,12-13,20H,6-9,11H2,1H3,(H,19,21). The van der Waals surface area contributed by atoms with Crippen LogP contribution in [0.5, 0.6) is 0 Å². The van der Waals surface area contributed by atoms with Crippen molar-refractivity contribution in [1.82, 2.24) is 14.9 Å². The lowest BCUT2D eigenvalue weighted by atomic mass is 9.89. The van der Waals surface area contributed by atoms with Crippen LogP contribution in [0.15, 0.2) is 35.8 Å². The van der Waals surface area contributed by atoms with Crippen molar-refractivity contribution in [3.05, 3.63) is 47.1 Å². The van der Waals surface area contributed by atoms with Gasteiger partial charge >= 0.3 is 0 Å². The van der Waals surface area contributed by atoms with E-state index in [1.807, 2.05) is 7.05 Å². The predicted octanol–water partition coefficient (Wildman–Crippen LogP) is 4.05. The second-order valence-corrected chi connectivity index (χ2v) is 7.09. The van der Waals surface area contributed by atoms with Gasteiger partial charge in [-0.25, -0.2) is 4.98 Å². The summed E-state index contributed by atoms with van der Waals surface area (Å²) >= 11 is 1.69. The Morgan fingerprint density at radius 1 is 1.30 bits per heavy atom. The number of nitrogens with one attached hydrogen (secondary N) is 2. The molecule has 4 rings (SSSR count). The van der Waals surface area contributed by atoms with E-state index in [0.717, 1.165) is 24.8 Å². The smallest absolute Gasteiger partial charge is 0.182 e. The largest absolute Gasteiger partial charge is 0.365 e. The van der Waals surface area contributed by atoms with Gasteiger partial charge < -0.3 is 10.3 Å². The maximum Gasteiger partial charge on any atom is 0.182 e. The van der Waals surface area contributed by atoms with Crippen LogP contribution in [0.1, 0.15) is 30.0 Å². The molecule has 0 radical (unpaired) electrons. The Morgan fingerprint density at radius 3 is 2.91 bits per heavy atom. The number of benzene rings is 1. The van der Waals surface area contributed by atoms with E-state index in [-0.39, 0.29) is 0 Å². The molecule has 23 heavy (non-hydrogen) atoms. The van der Waals surface area contributed by atoms with E-state index >= 15 is 0 Å². The van der Waals surface area contributed by atoms with Crippen molar-refractivity contribution in [2.24, 2.45) is 0 Å². The summed E-state index contributed by atoms with van der Waals surface area (Å²) in [6.45, 7) is 3.27. The average molecular weight is 326 g/mol. The number of hydrogen-bond donors (Lipinski definition) is 2. The summed E-state index contributed by atoms with van der Waals surface area (Å²) < 4.78 is 0. The fourth-order valence-corrected chi connectivity index (χ4v) is 4.22. The molecule has 1 aliphatic heterocycles. The average Bonchev–Trinajstić information content (AvgIpc) is 3.22. The molecule has 3 aromatic rings. The predicted molar refractivity (Wildman–Crippen MR) is 97.2 cm³/mol. The summed E-state index contributed by atoms with van der Waals surface area (Å²) in [7, 11) is 1.93. The number of piperidine rings is 1. The molecule has 4 nitrogen and oxygen atoms in total. The van der Waals surface area contributed by atoms with E-state index in [1.54, 1.807) is 11.3 Å². The molecule has 3 heterocycles. The Hall–Kier alpha value is -1.85. The van der Waals surface area contributed by atoms with Crippen LogP contribution in [-0.2, 0) is 6.54 Å². The SMILES string of the molecule is CNc1nc(CN2CCC(c3c[nH]c4ccccc34)CC2)cs1. The highest BCUT2D eigenvalue weighted by Crippen LogP contribution is 2.33. The summed E-state index contributed by atoms with van der Waals surface area (Å²) in [5, 5.41) is 7.68. The molecule has 5 heteroatoms. The first-order chi connectivity index (χ1) is 11.3. The zero-order valence-corrected chi connectivity index (χ0v) is 14.2. The van der Waals surface area contributed by atoms with Gasteiger partial charge in [0.15, 0.2) is 5.13 Å². The Bertz CT molecular complexity index is 783. The third-order valence-corrected chi connectivity index (χ3v) is 5.71. The maximum absolute atomic E-state index is 4.59. The Kier molecular flexibility index (Phi) is 4.06. The van der Waals surface area contributed by atoms with Gasteiger partial charge in [-0.05, 0) is 43.5 Å². The van der Waals surface area contributed by atoms with E-state index in [1.165, 1.54) is 35.0 Å². The normalized spacial score (nSPS) is 16.9. The highest BCUT2D eigenvalue weighted by molar-refractivity contribution is 7.13. The summed E-state index contributed by atoms with van der Waals surface area (Å²) in [4.78, 5) is 10.5. The second kappa shape index (κ2) is 6.34. The molecule has 120 valence electrons. The summed E-state index contributed by atoms with van der Waals surface area (Å²) in [5.41, 5.74) is 3.93. The number of fused-ring (bicyclic) bond motifs is 1. The number of aromatic nitrogens is 2. The van der Waals surface area contributed by atoms with Crippen molar-refractivity contribution >= 4 is 27.4 Å². The fraction of sp³-hybridized carbons (Fsp3) is 0.389. The molecule has 0 saturated carbocycles. The fourth-order valence-electron chi connectivity index (χ4n) is 3.56. The van der Waals surface area contributed by atoms with Crippen LogP contribution in [0.3, 0.4) is 0 Å². The molecule has 2 N–H and O–H groups in total. The lowest BCUT2D eigenvalue weighted by molar-refractivity contribution is 0.203. The Labute approximate surface area is 140 Å². The van der Waals surface area contributed by atoms with Gasteiger partial charge in [0, 0.05) is 36.1 Å². The Morgan fingerprint density at radius 2 is 2.13 bits per heavy atom. The first-order valence-corrected chi connectivity index (χ1v) is 9.12. The molecule has 1 aliphatic rings. The lowest BCUT2D eigenvalue weighted by Crippen LogP contribution is -2.32. The van der Waals surface area contributed by atoms with Crippen LogP contribution in [0.4, 0.5) is 5.13 Å². The number of nitrogens with zero attached hydrogens (tertiary/aromatic N) is 2. The number of para-hydroxylation sites is 1. The van der Waals surface area contributed by atoms with E-state index in [0.29, 0.717) is 5.92 Å². The molecule has 0 aliphatic carbocycles. The van der Waals surface area contributed by atoms with Gasteiger partial charge in [0.05, 0.1) is 5.69 Å². The quantitative estimate of drug-likeness (QED) is 0.760. The van der Waals surface area contributed by atoms with E-state index < -0.39 is 0 Å². The molecular formula is C18H22N4S. The van der Waals surface area contributed by atoms with E-state index in [2.05, 4.69) is 56.0 Å². The van der Waals surface area contributed by atoms with Crippen molar-refractivity contribution in [2.75, 3.05) is 25.5 Å². The lowest BCUT2D eigenvalue weighted by Gasteiger charge is -2.31. The molecule has 1 saturated heterocycles. The molecule has 2 aromatic heterocycles. The zero-order valence-electron chi connectivity index (χ0n) is 13.4. The molecule has 1 aromatic carbocycles. The highest BCUT2D eigenvalue weighted by Gasteiger charge is 2.23. The summed E-state index contributed by atoms with van der Waals surface area (Å²) in [6, 6.07) is 8.63. The van der Waals surface area contributed by atoms with Gasteiger partial charge in [-0.1, -0.05) is 18.2 Å². The number of H-pyrrole nitrogens is 1.